The molecule has 1 saturated heterocycles. The minimum absolute atomic E-state index is 0.0221. The van der Waals surface area contributed by atoms with Crippen molar-refractivity contribution in [1.29, 1.82) is 0 Å². The fourth-order valence-corrected chi connectivity index (χ4v) is 4.45. The number of para-hydroxylation sites is 1. The van der Waals surface area contributed by atoms with E-state index in [2.05, 4.69) is 0 Å². The summed E-state index contributed by atoms with van der Waals surface area (Å²) in [6.07, 6.45) is 1.64. The molecule has 1 aliphatic heterocycles. The molecule has 9 heteroatoms. The summed E-state index contributed by atoms with van der Waals surface area (Å²) in [5, 5.41) is 10.4. The maximum atomic E-state index is 14.3. The number of rotatable bonds is 5. The van der Waals surface area contributed by atoms with Crippen molar-refractivity contribution >= 4 is 34.7 Å². The number of benzene rings is 2. The zero-order valence-corrected chi connectivity index (χ0v) is 18.1. The number of aryl methyl sites for hydroxylation is 1. The average Bonchev–Trinajstić information content (AvgIpc) is 3.18. The maximum Gasteiger partial charge on any atom is 0.293 e. The molecule has 0 unspecified atom stereocenters. The third kappa shape index (κ3) is 3.94. The normalized spacial score (nSPS) is 15.1. The van der Waals surface area contributed by atoms with Gasteiger partial charge in [-0.05, 0) is 61.0 Å². The average molecular weight is 451 g/mol. The van der Waals surface area contributed by atoms with Crippen molar-refractivity contribution in [2.24, 2.45) is 0 Å². The van der Waals surface area contributed by atoms with E-state index >= 15 is 0 Å². The minimum atomic E-state index is -0.510. The summed E-state index contributed by atoms with van der Waals surface area (Å²) in [7, 11) is 0. The lowest BCUT2D eigenvalue weighted by atomic mass is 10.2. The summed E-state index contributed by atoms with van der Waals surface area (Å²) in [6.45, 7) is 3.69. The van der Waals surface area contributed by atoms with Crippen molar-refractivity contribution in [3.8, 4) is 5.69 Å². The van der Waals surface area contributed by atoms with E-state index in [-0.39, 0.29) is 23.0 Å². The van der Waals surface area contributed by atoms with Gasteiger partial charge in [-0.3, -0.25) is 24.6 Å². The second-order valence-corrected chi connectivity index (χ2v) is 8.30. The molecule has 2 amide bonds. The van der Waals surface area contributed by atoms with Crippen LogP contribution in [-0.2, 0) is 11.3 Å². The second-order valence-electron chi connectivity index (χ2n) is 7.30. The summed E-state index contributed by atoms with van der Waals surface area (Å²) in [5.41, 5.74) is 3.21. The summed E-state index contributed by atoms with van der Waals surface area (Å²) in [4.78, 5) is 37.0. The Morgan fingerprint density at radius 3 is 2.44 bits per heavy atom. The summed E-state index contributed by atoms with van der Waals surface area (Å²) in [5.74, 6) is -0.793. The fraction of sp³-hybridized carbons (Fsp3) is 0.130. The molecule has 0 radical (unpaired) electrons. The number of nitro benzene ring substituents is 1. The highest BCUT2D eigenvalue weighted by molar-refractivity contribution is 8.18. The van der Waals surface area contributed by atoms with Gasteiger partial charge in [-0.2, -0.15) is 0 Å². The number of hydrogen-bond acceptors (Lipinski definition) is 5. The van der Waals surface area contributed by atoms with Crippen LogP contribution in [-0.4, -0.2) is 25.5 Å². The van der Waals surface area contributed by atoms with Crippen LogP contribution >= 0.6 is 11.8 Å². The molecule has 4 rings (SSSR count). The molecule has 0 saturated carbocycles. The Morgan fingerprint density at radius 2 is 1.78 bits per heavy atom. The number of carbonyl (C=O) groups excluding carboxylic acids is 2. The molecule has 0 aliphatic carbocycles. The summed E-state index contributed by atoms with van der Waals surface area (Å²) >= 11 is 0.834. The standard InChI is InChI=1S/C23H18FN3O4S/c1-14-11-17(15(2)26(14)20-6-4-3-5-19(20)24)12-21-22(28)25(23(29)32-21)13-16-7-9-18(10-8-16)27(30)31/h3-12H,13H2,1-2H3/b21-12-. The summed E-state index contributed by atoms with van der Waals surface area (Å²) in [6, 6.07) is 14.0. The number of hydrogen-bond donors (Lipinski definition) is 0. The van der Waals surface area contributed by atoms with Gasteiger partial charge in [-0.1, -0.05) is 24.3 Å². The van der Waals surface area contributed by atoms with Crippen molar-refractivity contribution in [2.45, 2.75) is 20.4 Å². The molecule has 32 heavy (non-hydrogen) atoms. The molecule has 1 aromatic heterocycles. The highest BCUT2D eigenvalue weighted by atomic mass is 32.2. The maximum absolute atomic E-state index is 14.3. The van der Waals surface area contributed by atoms with Gasteiger partial charge in [0.1, 0.15) is 5.82 Å². The number of imide groups is 1. The van der Waals surface area contributed by atoms with E-state index in [0.717, 1.165) is 28.0 Å². The first-order chi connectivity index (χ1) is 15.3. The first kappa shape index (κ1) is 21.5. The number of halogens is 1. The molecule has 7 nitrogen and oxygen atoms in total. The zero-order valence-electron chi connectivity index (χ0n) is 17.2. The Balaban J connectivity index is 1.60. The van der Waals surface area contributed by atoms with Crippen molar-refractivity contribution < 1.29 is 18.9 Å². The Morgan fingerprint density at radius 1 is 1.09 bits per heavy atom. The van der Waals surface area contributed by atoms with Crippen molar-refractivity contribution in [3.63, 3.8) is 0 Å². The smallest absolute Gasteiger partial charge is 0.293 e. The Labute approximate surface area is 187 Å². The van der Waals surface area contributed by atoms with E-state index in [0.29, 0.717) is 16.8 Å². The van der Waals surface area contributed by atoms with Crippen LogP contribution in [0.3, 0.4) is 0 Å². The Kier molecular flexibility index (Phi) is 5.67. The molecular formula is C23H18FN3O4S. The van der Waals surface area contributed by atoms with E-state index in [1.165, 1.54) is 30.3 Å². The van der Waals surface area contributed by atoms with Crippen LogP contribution in [0.1, 0.15) is 22.5 Å². The molecule has 3 aromatic rings. The molecule has 2 aromatic carbocycles. The first-order valence-electron chi connectivity index (χ1n) is 9.69. The third-order valence-electron chi connectivity index (χ3n) is 5.21. The van der Waals surface area contributed by atoms with Crippen LogP contribution < -0.4 is 0 Å². The predicted molar refractivity (Wildman–Crippen MR) is 120 cm³/mol. The van der Waals surface area contributed by atoms with Crippen LogP contribution in [0.15, 0.2) is 59.5 Å². The number of amides is 2. The van der Waals surface area contributed by atoms with Crippen LogP contribution in [0.2, 0.25) is 0 Å². The quantitative estimate of drug-likeness (QED) is 0.295. The molecule has 1 fully saturated rings. The summed E-state index contributed by atoms with van der Waals surface area (Å²) < 4.78 is 16.1. The van der Waals surface area contributed by atoms with Gasteiger partial charge in [0, 0.05) is 23.5 Å². The van der Waals surface area contributed by atoms with Gasteiger partial charge in [-0.15, -0.1) is 0 Å². The minimum Gasteiger partial charge on any atom is -0.315 e. The van der Waals surface area contributed by atoms with E-state index in [9.17, 15) is 24.1 Å². The zero-order chi connectivity index (χ0) is 23.0. The number of aromatic nitrogens is 1. The van der Waals surface area contributed by atoms with Crippen LogP contribution in [0, 0.1) is 29.8 Å². The molecule has 0 spiro atoms. The third-order valence-corrected chi connectivity index (χ3v) is 6.12. The number of carbonyl (C=O) groups is 2. The lowest BCUT2D eigenvalue weighted by Gasteiger charge is -2.12. The predicted octanol–water partition coefficient (Wildman–Crippen LogP) is 5.38. The monoisotopic (exact) mass is 451 g/mol. The molecule has 0 bridgehead atoms. The fourth-order valence-electron chi connectivity index (χ4n) is 3.62. The number of thioether (sulfide) groups is 1. The van der Waals surface area contributed by atoms with Crippen LogP contribution in [0.4, 0.5) is 14.9 Å². The highest BCUT2D eigenvalue weighted by Crippen LogP contribution is 2.35. The number of nitro groups is 1. The molecular weight excluding hydrogens is 433 g/mol. The van der Waals surface area contributed by atoms with E-state index in [1.54, 1.807) is 28.8 Å². The largest absolute Gasteiger partial charge is 0.315 e. The van der Waals surface area contributed by atoms with E-state index < -0.39 is 16.1 Å². The van der Waals surface area contributed by atoms with Crippen LogP contribution in [0.25, 0.3) is 11.8 Å². The van der Waals surface area contributed by atoms with Gasteiger partial charge in [0.25, 0.3) is 16.8 Å². The van der Waals surface area contributed by atoms with E-state index in [4.69, 9.17) is 0 Å². The van der Waals surface area contributed by atoms with Gasteiger partial charge < -0.3 is 4.57 Å². The topological polar surface area (TPSA) is 85.5 Å². The van der Waals surface area contributed by atoms with Gasteiger partial charge in [0.15, 0.2) is 0 Å². The molecule has 1 aliphatic rings. The molecule has 0 atom stereocenters. The number of nitrogens with zero attached hydrogens (tertiary/aromatic N) is 3. The number of non-ortho nitro benzene ring substituents is 1. The highest BCUT2D eigenvalue weighted by Gasteiger charge is 2.35. The van der Waals surface area contributed by atoms with E-state index in [1.807, 2.05) is 19.9 Å². The first-order valence-corrected chi connectivity index (χ1v) is 10.5. The lowest BCUT2D eigenvalue weighted by Crippen LogP contribution is -2.27. The molecule has 162 valence electrons. The van der Waals surface area contributed by atoms with Gasteiger partial charge in [-0.25, -0.2) is 4.39 Å². The van der Waals surface area contributed by atoms with Gasteiger partial charge in [0.05, 0.1) is 22.1 Å². The Bertz CT molecular complexity index is 1280. The van der Waals surface area contributed by atoms with Gasteiger partial charge >= 0.3 is 0 Å². The van der Waals surface area contributed by atoms with Gasteiger partial charge in [0.2, 0.25) is 0 Å². The van der Waals surface area contributed by atoms with Crippen LogP contribution in [0.5, 0.6) is 0 Å². The molecule has 2 heterocycles. The van der Waals surface area contributed by atoms with Crippen molar-refractivity contribution in [3.05, 3.63) is 97.9 Å². The second kappa shape index (κ2) is 8.43. The van der Waals surface area contributed by atoms with Crippen molar-refractivity contribution in [2.75, 3.05) is 0 Å². The lowest BCUT2D eigenvalue weighted by molar-refractivity contribution is -0.384. The molecule has 0 N–H and O–H groups in total. The Hall–Kier alpha value is -3.72. The SMILES string of the molecule is Cc1cc(/C=C2\SC(=O)N(Cc3ccc([N+](=O)[O-])cc3)C2=O)c(C)n1-c1ccccc1F. The van der Waals surface area contributed by atoms with Crippen molar-refractivity contribution in [1.82, 2.24) is 9.47 Å².